The van der Waals surface area contributed by atoms with Crippen LogP contribution in [0.25, 0.3) is 0 Å². The van der Waals surface area contributed by atoms with Crippen molar-refractivity contribution in [3.8, 4) is 0 Å². The van der Waals surface area contributed by atoms with Gasteiger partial charge in [0, 0.05) is 24.8 Å². The van der Waals surface area contributed by atoms with Crippen LogP contribution in [-0.2, 0) is 13.0 Å². The van der Waals surface area contributed by atoms with E-state index in [2.05, 4.69) is 46.3 Å². The van der Waals surface area contributed by atoms with Gasteiger partial charge in [0.2, 0.25) is 0 Å². The summed E-state index contributed by atoms with van der Waals surface area (Å²) in [6.45, 7) is 4.02. The van der Waals surface area contributed by atoms with Crippen molar-refractivity contribution in [3.05, 3.63) is 47.3 Å². The zero-order valence-corrected chi connectivity index (χ0v) is 11.1. The Labute approximate surface area is 113 Å². The van der Waals surface area contributed by atoms with Gasteiger partial charge in [-0.3, -0.25) is 5.10 Å². The number of hydrogen-bond donors (Lipinski definition) is 2. The van der Waals surface area contributed by atoms with E-state index in [1.165, 1.54) is 16.8 Å². The Kier molecular flexibility index (Phi) is 3.25. The Morgan fingerprint density at radius 3 is 3.00 bits per heavy atom. The molecule has 0 aliphatic carbocycles. The Bertz CT molecular complexity index is 564. The van der Waals surface area contributed by atoms with Crippen LogP contribution in [0.4, 0.5) is 5.69 Å². The third-order valence-electron chi connectivity index (χ3n) is 3.86. The predicted molar refractivity (Wildman–Crippen MR) is 75.1 cm³/mol. The van der Waals surface area contributed by atoms with Crippen molar-refractivity contribution >= 4 is 5.69 Å². The monoisotopic (exact) mass is 257 g/mol. The van der Waals surface area contributed by atoms with Gasteiger partial charge in [-0.05, 0) is 30.5 Å². The zero-order chi connectivity index (χ0) is 13.2. The summed E-state index contributed by atoms with van der Waals surface area (Å²) >= 11 is 0. The average Bonchev–Trinajstić information content (AvgIpc) is 2.84. The summed E-state index contributed by atoms with van der Waals surface area (Å²) in [7, 11) is 0. The van der Waals surface area contributed by atoms with Gasteiger partial charge in [0.1, 0.15) is 0 Å². The van der Waals surface area contributed by atoms with Crippen molar-refractivity contribution in [2.45, 2.75) is 19.9 Å². The van der Waals surface area contributed by atoms with E-state index in [0.717, 1.165) is 25.2 Å². The molecule has 19 heavy (non-hydrogen) atoms. The number of H-pyrrole nitrogens is 1. The first-order valence-electron chi connectivity index (χ1n) is 6.70. The molecule has 2 N–H and O–H groups in total. The first kappa shape index (κ1) is 12.2. The van der Waals surface area contributed by atoms with Crippen molar-refractivity contribution in [1.29, 1.82) is 0 Å². The van der Waals surface area contributed by atoms with Crippen LogP contribution in [0.15, 0.2) is 30.5 Å². The van der Waals surface area contributed by atoms with Crippen LogP contribution in [-0.4, -0.2) is 28.5 Å². The smallest absolute Gasteiger partial charge is 0.0599 e. The van der Waals surface area contributed by atoms with Gasteiger partial charge in [-0.15, -0.1) is 0 Å². The van der Waals surface area contributed by atoms with E-state index in [1.54, 1.807) is 0 Å². The first-order valence-corrected chi connectivity index (χ1v) is 6.70. The van der Waals surface area contributed by atoms with Crippen LogP contribution < -0.4 is 4.90 Å². The molecule has 0 saturated carbocycles. The van der Waals surface area contributed by atoms with E-state index < -0.39 is 0 Å². The second-order valence-electron chi connectivity index (χ2n) is 5.29. The Morgan fingerprint density at radius 2 is 2.26 bits per heavy atom. The van der Waals surface area contributed by atoms with Gasteiger partial charge in [-0.2, -0.15) is 5.10 Å². The molecule has 4 heteroatoms. The van der Waals surface area contributed by atoms with Gasteiger partial charge >= 0.3 is 0 Å². The molecule has 1 aromatic heterocycles. The lowest BCUT2D eigenvalue weighted by atomic mass is 9.93. The number of nitrogens with one attached hydrogen (secondary N) is 1. The van der Waals surface area contributed by atoms with Crippen LogP contribution >= 0.6 is 0 Å². The maximum absolute atomic E-state index is 9.47. The van der Waals surface area contributed by atoms with Gasteiger partial charge in [0.25, 0.3) is 0 Å². The molecule has 2 aromatic rings. The molecule has 0 fully saturated rings. The van der Waals surface area contributed by atoms with E-state index in [1.807, 2.05) is 6.20 Å². The Balaban J connectivity index is 1.90. The van der Waals surface area contributed by atoms with Crippen LogP contribution in [0.5, 0.6) is 0 Å². The molecule has 4 nitrogen and oxygen atoms in total. The van der Waals surface area contributed by atoms with Gasteiger partial charge in [0.15, 0.2) is 0 Å². The molecule has 0 saturated heterocycles. The minimum Gasteiger partial charge on any atom is -0.396 e. The highest BCUT2D eigenvalue weighted by molar-refractivity contribution is 5.56. The SMILES string of the molecule is Cc1cn[nH]c1CN1CC(CO)Cc2ccccc21. The molecule has 0 amide bonds. The number of aryl methyl sites for hydroxylation is 1. The molecule has 1 aliphatic heterocycles. The third-order valence-corrected chi connectivity index (χ3v) is 3.86. The molecule has 1 unspecified atom stereocenters. The van der Waals surface area contributed by atoms with Crippen molar-refractivity contribution in [2.75, 3.05) is 18.1 Å². The molecule has 1 aromatic carbocycles. The minimum absolute atomic E-state index is 0.243. The number of nitrogens with zero attached hydrogens (tertiary/aromatic N) is 2. The topological polar surface area (TPSA) is 52.2 Å². The normalized spacial score (nSPS) is 18.4. The predicted octanol–water partition coefficient (Wildman–Crippen LogP) is 1.89. The second kappa shape index (κ2) is 5.05. The van der Waals surface area contributed by atoms with Crippen LogP contribution in [0.2, 0.25) is 0 Å². The quantitative estimate of drug-likeness (QED) is 0.883. The highest BCUT2D eigenvalue weighted by Crippen LogP contribution is 2.30. The minimum atomic E-state index is 0.243. The molecular formula is C15H19N3O. The molecule has 100 valence electrons. The highest BCUT2D eigenvalue weighted by atomic mass is 16.3. The lowest BCUT2D eigenvalue weighted by molar-refractivity contribution is 0.223. The molecule has 0 bridgehead atoms. The van der Waals surface area contributed by atoms with Crippen LogP contribution in [0.3, 0.4) is 0 Å². The Hall–Kier alpha value is -1.81. The summed E-state index contributed by atoms with van der Waals surface area (Å²) in [6, 6.07) is 8.46. The zero-order valence-electron chi connectivity index (χ0n) is 11.1. The van der Waals surface area contributed by atoms with Crippen molar-refractivity contribution in [1.82, 2.24) is 10.2 Å². The summed E-state index contributed by atoms with van der Waals surface area (Å²) < 4.78 is 0. The molecule has 1 atom stereocenters. The fourth-order valence-electron chi connectivity index (χ4n) is 2.77. The van der Waals surface area contributed by atoms with Gasteiger partial charge in [-0.1, -0.05) is 18.2 Å². The van der Waals surface area contributed by atoms with Crippen molar-refractivity contribution in [2.24, 2.45) is 5.92 Å². The molecule has 0 radical (unpaired) electrons. The number of aromatic amines is 1. The number of hydrogen-bond acceptors (Lipinski definition) is 3. The number of aromatic nitrogens is 2. The van der Waals surface area contributed by atoms with Crippen molar-refractivity contribution in [3.63, 3.8) is 0 Å². The fraction of sp³-hybridized carbons (Fsp3) is 0.400. The third kappa shape index (κ3) is 2.36. The lowest BCUT2D eigenvalue weighted by Crippen LogP contribution is -2.36. The second-order valence-corrected chi connectivity index (χ2v) is 5.29. The molecule has 0 spiro atoms. The van der Waals surface area contributed by atoms with E-state index in [0.29, 0.717) is 5.92 Å². The van der Waals surface area contributed by atoms with E-state index in [9.17, 15) is 5.11 Å². The number of rotatable bonds is 3. The highest BCUT2D eigenvalue weighted by Gasteiger charge is 2.24. The number of benzene rings is 1. The summed E-state index contributed by atoms with van der Waals surface area (Å²) in [5.41, 5.74) is 4.93. The van der Waals surface area contributed by atoms with E-state index in [4.69, 9.17) is 0 Å². The maximum Gasteiger partial charge on any atom is 0.0599 e. The number of para-hydroxylation sites is 1. The van der Waals surface area contributed by atoms with Crippen LogP contribution in [0, 0.1) is 12.8 Å². The fourth-order valence-corrected chi connectivity index (χ4v) is 2.77. The lowest BCUT2D eigenvalue weighted by Gasteiger charge is -2.35. The number of anilines is 1. The van der Waals surface area contributed by atoms with Crippen LogP contribution in [0.1, 0.15) is 16.8 Å². The number of fused-ring (bicyclic) bond motifs is 1. The molecule has 2 heterocycles. The summed E-state index contributed by atoms with van der Waals surface area (Å²) in [5, 5.41) is 16.6. The van der Waals surface area contributed by atoms with Gasteiger partial charge in [-0.25, -0.2) is 0 Å². The first-order chi connectivity index (χ1) is 9.28. The number of aliphatic hydroxyl groups is 1. The average molecular weight is 257 g/mol. The summed E-state index contributed by atoms with van der Waals surface area (Å²) in [6.07, 6.45) is 2.82. The number of aliphatic hydroxyl groups excluding tert-OH is 1. The van der Waals surface area contributed by atoms with E-state index in [-0.39, 0.29) is 6.61 Å². The van der Waals surface area contributed by atoms with E-state index >= 15 is 0 Å². The van der Waals surface area contributed by atoms with Gasteiger partial charge in [0.05, 0.1) is 18.4 Å². The summed E-state index contributed by atoms with van der Waals surface area (Å²) in [4.78, 5) is 2.33. The molecule has 1 aliphatic rings. The Morgan fingerprint density at radius 1 is 1.42 bits per heavy atom. The largest absolute Gasteiger partial charge is 0.396 e. The summed E-state index contributed by atoms with van der Waals surface area (Å²) in [5.74, 6) is 0.318. The standard InChI is InChI=1S/C15H19N3O/c1-11-7-16-17-14(11)9-18-8-12(10-19)6-13-4-2-3-5-15(13)18/h2-5,7,12,19H,6,8-10H2,1H3,(H,16,17). The molecule has 3 rings (SSSR count). The van der Waals surface area contributed by atoms with Crippen molar-refractivity contribution < 1.29 is 5.11 Å². The molecular weight excluding hydrogens is 238 g/mol. The van der Waals surface area contributed by atoms with Gasteiger partial charge < -0.3 is 10.0 Å². The maximum atomic E-state index is 9.47.